The third kappa shape index (κ3) is 1.14. The molecule has 12 heavy (non-hydrogen) atoms. The summed E-state index contributed by atoms with van der Waals surface area (Å²) in [4.78, 5) is 3.84. The summed E-state index contributed by atoms with van der Waals surface area (Å²) in [6.45, 7) is 4.56. The van der Waals surface area contributed by atoms with E-state index >= 15 is 0 Å². The molecule has 0 N–H and O–H groups in total. The smallest absolute Gasteiger partial charge is 0.153 e. The molecular formula is C8H10ClN3. The van der Waals surface area contributed by atoms with Gasteiger partial charge >= 0.3 is 0 Å². The Morgan fingerprint density at radius 3 is 3.08 bits per heavy atom. The molecule has 1 atom stereocenters. The standard InChI is InChI=1S/C8H10ClN3/c1-6-3-4-10-12-5-8(2,9)11-7(6)12/h3-4H,5H2,1-2H3. The number of amidine groups is 1. The van der Waals surface area contributed by atoms with Crippen molar-refractivity contribution in [2.45, 2.75) is 18.8 Å². The summed E-state index contributed by atoms with van der Waals surface area (Å²) in [5.41, 5.74) is 1.12. The lowest BCUT2D eigenvalue weighted by molar-refractivity contribution is 0.438. The highest BCUT2D eigenvalue weighted by molar-refractivity contribution is 6.25. The van der Waals surface area contributed by atoms with Crippen molar-refractivity contribution < 1.29 is 0 Å². The zero-order valence-electron chi connectivity index (χ0n) is 7.08. The lowest BCUT2D eigenvalue weighted by Crippen LogP contribution is -2.28. The van der Waals surface area contributed by atoms with E-state index in [2.05, 4.69) is 10.1 Å². The lowest BCUT2D eigenvalue weighted by Gasteiger charge is -2.17. The molecule has 64 valence electrons. The minimum atomic E-state index is -0.508. The van der Waals surface area contributed by atoms with E-state index in [-0.39, 0.29) is 0 Å². The molecule has 2 aliphatic rings. The average molecular weight is 184 g/mol. The minimum absolute atomic E-state index is 0.508. The van der Waals surface area contributed by atoms with Crippen molar-refractivity contribution >= 4 is 23.7 Å². The number of alkyl halides is 1. The quantitative estimate of drug-likeness (QED) is 0.414. The Kier molecular flexibility index (Phi) is 1.51. The van der Waals surface area contributed by atoms with Gasteiger partial charge in [0.05, 0.1) is 6.54 Å². The number of aliphatic imine (C=N–C) groups is 1. The summed E-state index contributed by atoms with van der Waals surface area (Å²) >= 11 is 6.08. The molecule has 0 spiro atoms. The number of hydrogen-bond acceptors (Lipinski definition) is 3. The second kappa shape index (κ2) is 2.33. The third-order valence-electron chi connectivity index (χ3n) is 1.91. The maximum atomic E-state index is 6.08. The molecule has 0 saturated heterocycles. The first-order valence-corrected chi connectivity index (χ1v) is 4.24. The van der Waals surface area contributed by atoms with Crippen molar-refractivity contribution in [1.29, 1.82) is 0 Å². The van der Waals surface area contributed by atoms with Gasteiger partial charge < -0.3 is 0 Å². The summed E-state index contributed by atoms with van der Waals surface area (Å²) in [6.07, 6.45) is 3.71. The Morgan fingerprint density at radius 2 is 2.42 bits per heavy atom. The zero-order chi connectivity index (χ0) is 8.77. The maximum absolute atomic E-state index is 6.08. The molecule has 0 aromatic carbocycles. The first-order chi connectivity index (χ1) is 5.58. The van der Waals surface area contributed by atoms with Gasteiger partial charge in [0.25, 0.3) is 0 Å². The molecule has 0 aromatic rings. The molecule has 0 aromatic heterocycles. The van der Waals surface area contributed by atoms with Crippen LogP contribution in [0.5, 0.6) is 0 Å². The van der Waals surface area contributed by atoms with Crippen LogP contribution in [0.25, 0.3) is 0 Å². The normalized spacial score (nSPS) is 33.1. The lowest BCUT2D eigenvalue weighted by atomic mass is 10.2. The highest BCUT2D eigenvalue weighted by Crippen LogP contribution is 2.28. The van der Waals surface area contributed by atoms with Crippen molar-refractivity contribution in [3.8, 4) is 0 Å². The molecule has 0 aliphatic carbocycles. The molecule has 0 amide bonds. The van der Waals surface area contributed by atoms with Gasteiger partial charge in [0.15, 0.2) is 5.00 Å². The van der Waals surface area contributed by atoms with Crippen LogP contribution >= 0.6 is 11.6 Å². The van der Waals surface area contributed by atoms with Gasteiger partial charge in [-0.2, -0.15) is 5.10 Å². The van der Waals surface area contributed by atoms with E-state index < -0.39 is 5.00 Å². The van der Waals surface area contributed by atoms with Crippen molar-refractivity contribution in [3.63, 3.8) is 0 Å². The van der Waals surface area contributed by atoms with Crippen LogP contribution in [-0.4, -0.2) is 28.6 Å². The van der Waals surface area contributed by atoms with Crippen LogP contribution < -0.4 is 0 Å². The van der Waals surface area contributed by atoms with E-state index in [0.717, 1.165) is 11.4 Å². The number of fused-ring (bicyclic) bond motifs is 1. The Bertz CT molecular complexity index is 301. The van der Waals surface area contributed by atoms with Crippen LogP contribution in [-0.2, 0) is 0 Å². The molecule has 1 unspecified atom stereocenters. The predicted molar refractivity (Wildman–Crippen MR) is 50.6 cm³/mol. The first-order valence-electron chi connectivity index (χ1n) is 3.86. The van der Waals surface area contributed by atoms with Gasteiger partial charge in [-0.3, -0.25) is 0 Å². The number of hydrazone groups is 1. The molecule has 3 nitrogen and oxygen atoms in total. The molecule has 2 aliphatic heterocycles. The van der Waals surface area contributed by atoms with Crippen molar-refractivity contribution in [3.05, 3.63) is 11.6 Å². The average Bonchev–Trinajstić information content (AvgIpc) is 2.25. The maximum Gasteiger partial charge on any atom is 0.153 e. The van der Waals surface area contributed by atoms with Crippen LogP contribution in [0.3, 0.4) is 0 Å². The van der Waals surface area contributed by atoms with Gasteiger partial charge in [0.2, 0.25) is 0 Å². The highest BCUT2D eigenvalue weighted by atomic mass is 35.5. The Morgan fingerprint density at radius 1 is 1.67 bits per heavy atom. The van der Waals surface area contributed by atoms with Gasteiger partial charge in [0.1, 0.15) is 5.84 Å². The first kappa shape index (κ1) is 7.80. The van der Waals surface area contributed by atoms with Crippen molar-refractivity contribution in [1.82, 2.24) is 5.01 Å². The van der Waals surface area contributed by atoms with E-state index in [1.165, 1.54) is 0 Å². The van der Waals surface area contributed by atoms with Gasteiger partial charge in [-0.05, 0) is 25.5 Å². The molecule has 2 heterocycles. The van der Waals surface area contributed by atoms with E-state index in [9.17, 15) is 0 Å². The second-order valence-electron chi connectivity index (χ2n) is 3.25. The predicted octanol–water partition coefficient (Wildman–Crippen LogP) is 1.60. The molecule has 0 saturated carbocycles. The summed E-state index contributed by atoms with van der Waals surface area (Å²) < 4.78 is 0. The molecule has 4 heteroatoms. The Balaban J connectivity index is 2.39. The van der Waals surface area contributed by atoms with E-state index in [4.69, 9.17) is 11.6 Å². The van der Waals surface area contributed by atoms with Gasteiger partial charge in [-0.15, -0.1) is 0 Å². The van der Waals surface area contributed by atoms with E-state index in [1.54, 1.807) is 6.21 Å². The highest BCUT2D eigenvalue weighted by Gasteiger charge is 2.34. The van der Waals surface area contributed by atoms with Crippen LogP contribution in [0.1, 0.15) is 13.8 Å². The fourth-order valence-electron chi connectivity index (χ4n) is 1.35. The van der Waals surface area contributed by atoms with Crippen molar-refractivity contribution in [2.24, 2.45) is 10.1 Å². The SMILES string of the molecule is CC1=CC=NN2CC(C)(Cl)N=C12. The van der Waals surface area contributed by atoms with Crippen molar-refractivity contribution in [2.75, 3.05) is 6.54 Å². The van der Waals surface area contributed by atoms with Crippen LogP contribution in [0.15, 0.2) is 21.7 Å². The largest absolute Gasteiger partial charge is 0.244 e. The monoisotopic (exact) mass is 183 g/mol. The topological polar surface area (TPSA) is 28.0 Å². The van der Waals surface area contributed by atoms with Crippen LogP contribution in [0.4, 0.5) is 0 Å². The third-order valence-corrected chi connectivity index (χ3v) is 2.11. The summed E-state index contributed by atoms with van der Waals surface area (Å²) in [6, 6.07) is 0. The molecule has 0 fully saturated rings. The van der Waals surface area contributed by atoms with Crippen LogP contribution in [0.2, 0.25) is 0 Å². The summed E-state index contributed by atoms with van der Waals surface area (Å²) in [5.74, 6) is 0.898. The summed E-state index contributed by atoms with van der Waals surface area (Å²) in [7, 11) is 0. The second-order valence-corrected chi connectivity index (χ2v) is 4.06. The number of allylic oxidation sites excluding steroid dienone is 1. The molecular weight excluding hydrogens is 174 g/mol. The number of rotatable bonds is 0. The molecule has 0 radical (unpaired) electrons. The Labute approximate surface area is 76.4 Å². The molecule has 2 rings (SSSR count). The van der Waals surface area contributed by atoms with Gasteiger partial charge in [-0.1, -0.05) is 11.6 Å². The Hall–Kier alpha value is -0.830. The zero-order valence-corrected chi connectivity index (χ0v) is 7.84. The fourth-order valence-corrected chi connectivity index (χ4v) is 1.54. The van der Waals surface area contributed by atoms with Gasteiger partial charge in [0, 0.05) is 6.21 Å². The molecule has 0 bridgehead atoms. The number of halogens is 1. The van der Waals surface area contributed by atoms with Gasteiger partial charge in [-0.25, -0.2) is 10.0 Å². The minimum Gasteiger partial charge on any atom is -0.244 e. The van der Waals surface area contributed by atoms with E-state index in [0.29, 0.717) is 6.54 Å². The number of hydrogen-bond donors (Lipinski definition) is 0. The van der Waals surface area contributed by atoms with E-state index in [1.807, 2.05) is 24.9 Å². The summed E-state index contributed by atoms with van der Waals surface area (Å²) in [5, 5.41) is 5.99. The fraction of sp³-hybridized carbons (Fsp3) is 0.500. The van der Waals surface area contributed by atoms with Crippen LogP contribution in [0, 0.1) is 0 Å². The number of nitrogens with zero attached hydrogens (tertiary/aromatic N) is 3.